The largest absolute Gasteiger partial charge is 0.466 e. The number of carbonyl (C=O) groups is 2. The van der Waals surface area contributed by atoms with Gasteiger partial charge >= 0.3 is 5.97 Å². The van der Waals surface area contributed by atoms with Crippen molar-refractivity contribution in [3.8, 4) is 0 Å². The second kappa shape index (κ2) is 8.82. The average molecular weight is 319 g/mol. The number of aryl methyl sites for hydroxylation is 3. The minimum atomic E-state index is -0.552. The van der Waals surface area contributed by atoms with Gasteiger partial charge in [0.1, 0.15) is 0 Å². The van der Waals surface area contributed by atoms with Crippen LogP contribution in [0.15, 0.2) is 12.1 Å². The van der Waals surface area contributed by atoms with Gasteiger partial charge in [0.25, 0.3) is 0 Å². The molecule has 1 N–H and O–H groups in total. The first-order chi connectivity index (χ1) is 10.8. The zero-order chi connectivity index (χ0) is 17.6. The van der Waals surface area contributed by atoms with E-state index < -0.39 is 6.04 Å². The molecule has 2 unspecified atom stereocenters. The van der Waals surface area contributed by atoms with Crippen molar-refractivity contribution in [1.29, 1.82) is 0 Å². The molecule has 0 saturated carbocycles. The molecule has 0 aromatic heterocycles. The number of carbonyl (C=O) groups excluding carboxylic acids is 2. The van der Waals surface area contributed by atoms with Crippen LogP contribution >= 0.6 is 0 Å². The zero-order valence-corrected chi connectivity index (χ0v) is 15.2. The van der Waals surface area contributed by atoms with Crippen LogP contribution in [0.25, 0.3) is 0 Å². The van der Waals surface area contributed by atoms with Crippen LogP contribution in [0.4, 0.5) is 0 Å². The van der Waals surface area contributed by atoms with E-state index in [9.17, 15) is 9.59 Å². The number of hydrogen-bond acceptors (Lipinski definition) is 4. The van der Waals surface area contributed by atoms with Crippen LogP contribution in [-0.2, 0) is 9.53 Å². The Bertz CT molecular complexity index is 543. The van der Waals surface area contributed by atoms with Gasteiger partial charge in [-0.3, -0.25) is 9.59 Å². The Morgan fingerprint density at radius 1 is 1.13 bits per heavy atom. The van der Waals surface area contributed by atoms with Crippen LogP contribution in [-0.4, -0.2) is 30.4 Å². The molecule has 4 nitrogen and oxygen atoms in total. The van der Waals surface area contributed by atoms with Gasteiger partial charge in [0.05, 0.1) is 19.1 Å². The third-order valence-electron chi connectivity index (χ3n) is 4.01. The molecule has 23 heavy (non-hydrogen) atoms. The minimum absolute atomic E-state index is 0.0339. The van der Waals surface area contributed by atoms with E-state index in [1.165, 1.54) is 0 Å². The average Bonchev–Trinajstić information content (AvgIpc) is 2.45. The Hall–Kier alpha value is -1.68. The van der Waals surface area contributed by atoms with Gasteiger partial charge in [0, 0.05) is 11.6 Å². The van der Waals surface area contributed by atoms with E-state index in [2.05, 4.69) is 5.32 Å². The highest BCUT2D eigenvalue weighted by Gasteiger charge is 2.27. The first-order valence-corrected chi connectivity index (χ1v) is 8.33. The molecule has 1 aromatic rings. The normalized spacial score (nSPS) is 13.5. The molecule has 0 aliphatic heterocycles. The van der Waals surface area contributed by atoms with E-state index in [-0.39, 0.29) is 24.2 Å². The fraction of sp³-hybridized carbons (Fsp3) is 0.579. The van der Waals surface area contributed by atoms with E-state index in [4.69, 9.17) is 4.74 Å². The number of rotatable bonds is 8. The molecule has 0 saturated heterocycles. The standard InChI is InChI=1S/C19H29NO3/c1-7-15(6)20-16(11-17(21)23-8-2)19(22)18-13(4)9-12(3)10-14(18)5/h9-10,15-16,20H,7-8,11H2,1-6H3. The SMILES string of the molecule is CCOC(=O)CC(NC(C)CC)C(=O)c1c(C)cc(C)cc1C. The Kier molecular flexibility index (Phi) is 7.43. The van der Waals surface area contributed by atoms with Crippen molar-refractivity contribution in [1.82, 2.24) is 5.32 Å². The number of ketones is 1. The number of ether oxygens (including phenoxy) is 1. The monoisotopic (exact) mass is 319 g/mol. The number of Topliss-reactive ketones (excluding diaryl/α,β-unsaturated/α-hetero) is 1. The van der Waals surface area contributed by atoms with Crippen molar-refractivity contribution in [2.24, 2.45) is 0 Å². The fourth-order valence-electron chi connectivity index (χ4n) is 2.82. The fourth-order valence-corrected chi connectivity index (χ4v) is 2.82. The highest BCUT2D eigenvalue weighted by Crippen LogP contribution is 2.19. The molecule has 0 bridgehead atoms. The summed E-state index contributed by atoms with van der Waals surface area (Å²) in [5.74, 6) is -0.377. The molecule has 0 heterocycles. The summed E-state index contributed by atoms with van der Waals surface area (Å²) in [5, 5.41) is 3.27. The summed E-state index contributed by atoms with van der Waals surface area (Å²) in [6.07, 6.45) is 0.947. The summed E-state index contributed by atoms with van der Waals surface area (Å²) in [5.41, 5.74) is 3.74. The Balaban J connectivity index is 3.10. The van der Waals surface area contributed by atoms with Crippen LogP contribution in [0.3, 0.4) is 0 Å². The molecule has 0 aliphatic rings. The molecular weight excluding hydrogens is 290 g/mol. The van der Waals surface area contributed by atoms with Crippen molar-refractivity contribution in [2.75, 3.05) is 6.61 Å². The molecule has 4 heteroatoms. The van der Waals surface area contributed by atoms with Gasteiger partial charge in [-0.25, -0.2) is 0 Å². The molecule has 0 aliphatic carbocycles. The highest BCUT2D eigenvalue weighted by molar-refractivity contribution is 6.04. The van der Waals surface area contributed by atoms with E-state index in [0.717, 1.165) is 23.1 Å². The topological polar surface area (TPSA) is 55.4 Å². The Morgan fingerprint density at radius 2 is 1.70 bits per heavy atom. The van der Waals surface area contributed by atoms with Gasteiger partial charge in [-0.05, 0) is 52.2 Å². The highest BCUT2D eigenvalue weighted by atomic mass is 16.5. The smallest absolute Gasteiger partial charge is 0.307 e. The first-order valence-electron chi connectivity index (χ1n) is 8.33. The van der Waals surface area contributed by atoms with Gasteiger partial charge in [-0.15, -0.1) is 0 Å². The molecule has 0 fully saturated rings. The van der Waals surface area contributed by atoms with E-state index in [1.54, 1.807) is 6.92 Å². The quantitative estimate of drug-likeness (QED) is 0.588. The van der Waals surface area contributed by atoms with Crippen molar-refractivity contribution < 1.29 is 14.3 Å². The summed E-state index contributed by atoms with van der Waals surface area (Å²) in [6.45, 7) is 12.1. The maximum Gasteiger partial charge on any atom is 0.307 e. The third kappa shape index (κ3) is 5.47. The van der Waals surface area contributed by atoms with Gasteiger partial charge in [0.2, 0.25) is 0 Å². The van der Waals surface area contributed by atoms with E-state index in [0.29, 0.717) is 12.2 Å². The molecule has 0 amide bonds. The van der Waals surface area contributed by atoms with E-state index >= 15 is 0 Å². The number of esters is 1. The Labute approximate surface area is 139 Å². The van der Waals surface area contributed by atoms with Crippen molar-refractivity contribution >= 4 is 11.8 Å². The van der Waals surface area contributed by atoms with Crippen LogP contribution in [0.5, 0.6) is 0 Å². The molecule has 1 aromatic carbocycles. The summed E-state index contributed by atoms with van der Waals surface area (Å²) < 4.78 is 5.02. The minimum Gasteiger partial charge on any atom is -0.466 e. The van der Waals surface area contributed by atoms with Crippen LogP contribution in [0, 0.1) is 20.8 Å². The van der Waals surface area contributed by atoms with Gasteiger partial charge in [-0.1, -0.05) is 24.6 Å². The van der Waals surface area contributed by atoms with Gasteiger partial charge < -0.3 is 10.1 Å². The van der Waals surface area contributed by atoms with Crippen molar-refractivity contribution in [3.05, 3.63) is 34.4 Å². The van der Waals surface area contributed by atoms with Crippen LogP contribution in [0.2, 0.25) is 0 Å². The summed E-state index contributed by atoms with van der Waals surface area (Å²) in [4.78, 5) is 24.9. The summed E-state index contributed by atoms with van der Waals surface area (Å²) in [7, 11) is 0. The first kappa shape index (κ1) is 19.4. The van der Waals surface area contributed by atoms with Gasteiger partial charge in [-0.2, -0.15) is 0 Å². The predicted octanol–water partition coefficient (Wildman–Crippen LogP) is 3.50. The number of benzene rings is 1. The molecule has 1 rings (SSSR count). The molecule has 128 valence electrons. The molecule has 0 radical (unpaired) electrons. The lowest BCUT2D eigenvalue weighted by Gasteiger charge is -2.23. The van der Waals surface area contributed by atoms with Gasteiger partial charge in [0.15, 0.2) is 5.78 Å². The van der Waals surface area contributed by atoms with Crippen LogP contribution < -0.4 is 5.32 Å². The lowest BCUT2D eigenvalue weighted by atomic mass is 9.91. The predicted molar refractivity (Wildman–Crippen MR) is 92.9 cm³/mol. The second-order valence-corrected chi connectivity index (χ2v) is 6.18. The lowest BCUT2D eigenvalue weighted by Crippen LogP contribution is -2.44. The maximum atomic E-state index is 13.0. The molecule has 2 atom stereocenters. The number of hydrogen-bond donors (Lipinski definition) is 1. The Morgan fingerprint density at radius 3 is 2.17 bits per heavy atom. The van der Waals surface area contributed by atoms with Crippen LogP contribution in [0.1, 0.15) is 60.7 Å². The lowest BCUT2D eigenvalue weighted by molar-refractivity contribution is -0.143. The maximum absolute atomic E-state index is 13.0. The summed E-state index contributed by atoms with van der Waals surface area (Å²) in [6, 6.07) is 3.61. The molecular formula is C19H29NO3. The second-order valence-electron chi connectivity index (χ2n) is 6.18. The van der Waals surface area contributed by atoms with Crippen molar-refractivity contribution in [3.63, 3.8) is 0 Å². The third-order valence-corrected chi connectivity index (χ3v) is 4.01. The molecule has 0 spiro atoms. The number of nitrogens with one attached hydrogen (secondary N) is 1. The zero-order valence-electron chi connectivity index (χ0n) is 15.2. The summed E-state index contributed by atoms with van der Waals surface area (Å²) >= 11 is 0. The van der Waals surface area contributed by atoms with Crippen molar-refractivity contribution in [2.45, 2.75) is 66.5 Å². The van der Waals surface area contributed by atoms with E-state index in [1.807, 2.05) is 46.8 Å².